The monoisotopic (exact) mass is 678 g/mol. The van der Waals surface area contributed by atoms with Gasteiger partial charge in [0.2, 0.25) is 5.91 Å². The summed E-state index contributed by atoms with van der Waals surface area (Å²) in [5, 5.41) is 4.50. The molecule has 3 N–H and O–H groups in total. The van der Waals surface area contributed by atoms with E-state index < -0.39 is 11.1 Å². The number of hydrogen-bond donors (Lipinski definition) is 2. The maximum Gasteiger partial charge on any atom is 0.324 e. The standard InChI is InChI=1S/C36H44Cl2N6O3/c1-7-47-29-20-30(34(2,3)4)40-21-28(29)32-42-35(5,23-8-12-25(37)13-9-23)36(6,24-10-14-26(38)15-11-24)44(32)33(46)41-27-16-18-43(19-17-27)22-31(39)45/h8-15,20-21,27H,7,16-19,22H2,1-6H3,(H2,39,45)(H,41,46). The Bertz CT molecular complexity index is 1650. The molecule has 2 aromatic carbocycles. The molecule has 0 aliphatic carbocycles. The van der Waals surface area contributed by atoms with Crippen LogP contribution in [0, 0.1) is 0 Å². The number of nitrogens with zero attached hydrogens (tertiary/aromatic N) is 4. The van der Waals surface area contributed by atoms with Crippen LogP contribution in [0.3, 0.4) is 0 Å². The molecule has 9 nitrogen and oxygen atoms in total. The molecule has 2 atom stereocenters. The Morgan fingerprint density at radius 1 is 1.00 bits per heavy atom. The number of aromatic nitrogens is 1. The molecule has 47 heavy (non-hydrogen) atoms. The molecule has 3 amide bonds. The van der Waals surface area contributed by atoms with Crippen molar-refractivity contribution >= 4 is 41.0 Å². The minimum atomic E-state index is -1.04. The van der Waals surface area contributed by atoms with E-state index in [2.05, 4.69) is 26.1 Å². The van der Waals surface area contributed by atoms with Crippen molar-refractivity contribution in [3.05, 3.63) is 93.2 Å². The number of aliphatic imine (C=N–C) groups is 1. The van der Waals surface area contributed by atoms with Gasteiger partial charge in [-0.1, -0.05) is 68.2 Å². The van der Waals surface area contributed by atoms with E-state index in [1.165, 1.54) is 0 Å². The Labute approximate surface area is 287 Å². The van der Waals surface area contributed by atoms with Crippen LogP contribution in [0.4, 0.5) is 4.79 Å². The van der Waals surface area contributed by atoms with Crippen LogP contribution in [0.15, 0.2) is 65.8 Å². The van der Waals surface area contributed by atoms with Crippen LogP contribution in [0.2, 0.25) is 10.0 Å². The smallest absolute Gasteiger partial charge is 0.324 e. The van der Waals surface area contributed by atoms with Crippen LogP contribution in [-0.2, 0) is 21.3 Å². The molecule has 250 valence electrons. The number of hydrogen-bond acceptors (Lipinski definition) is 6. The number of carbonyl (C=O) groups is 2. The van der Waals surface area contributed by atoms with E-state index in [1.54, 1.807) is 11.1 Å². The molecule has 0 bridgehead atoms. The van der Waals surface area contributed by atoms with Gasteiger partial charge >= 0.3 is 6.03 Å². The number of likely N-dealkylation sites (tertiary alicyclic amines) is 1. The van der Waals surface area contributed by atoms with E-state index in [9.17, 15) is 9.59 Å². The number of rotatable bonds is 8. The Morgan fingerprint density at radius 2 is 1.57 bits per heavy atom. The first-order valence-corrected chi connectivity index (χ1v) is 16.8. The van der Waals surface area contributed by atoms with E-state index in [4.69, 9.17) is 43.6 Å². The third kappa shape index (κ3) is 6.84. The number of carbonyl (C=O) groups excluding carboxylic acids is 2. The summed E-state index contributed by atoms with van der Waals surface area (Å²) in [6.45, 7) is 14.2. The molecule has 2 unspecified atom stereocenters. The third-order valence-corrected chi connectivity index (χ3v) is 9.93. The zero-order valence-corrected chi connectivity index (χ0v) is 29.5. The fraction of sp³-hybridized carbons (Fsp3) is 0.444. The van der Waals surface area contributed by atoms with Crippen molar-refractivity contribution in [2.75, 3.05) is 26.2 Å². The van der Waals surface area contributed by atoms with Crippen molar-refractivity contribution in [1.82, 2.24) is 20.1 Å². The third-order valence-electron chi connectivity index (χ3n) is 9.42. The van der Waals surface area contributed by atoms with Gasteiger partial charge in [0.1, 0.15) is 22.7 Å². The number of primary amides is 1. The fourth-order valence-corrected chi connectivity index (χ4v) is 6.82. The van der Waals surface area contributed by atoms with Crippen LogP contribution in [0.5, 0.6) is 5.75 Å². The first-order chi connectivity index (χ1) is 22.2. The minimum absolute atomic E-state index is 0.113. The molecule has 0 saturated carbocycles. The molecular formula is C36H44Cl2N6O3. The van der Waals surface area contributed by atoms with Crippen molar-refractivity contribution in [1.29, 1.82) is 0 Å². The molecule has 0 spiro atoms. The lowest BCUT2D eigenvalue weighted by Gasteiger charge is -2.46. The molecule has 3 aromatic rings. The van der Waals surface area contributed by atoms with Gasteiger partial charge in [0.05, 0.1) is 18.7 Å². The number of amidine groups is 1. The fourth-order valence-electron chi connectivity index (χ4n) is 6.57. The second kappa shape index (κ2) is 13.5. The number of amides is 3. The summed E-state index contributed by atoms with van der Waals surface area (Å²) in [5.74, 6) is 0.685. The number of urea groups is 1. The average molecular weight is 680 g/mol. The quantitative estimate of drug-likeness (QED) is 0.277. The van der Waals surface area contributed by atoms with Crippen LogP contribution in [0.25, 0.3) is 0 Å². The highest BCUT2D eigenvalue weighted by molar-refractivity contribution is 6.30. The first-order valence-electron chi connectivity index (χ1n) is 16.0. The summed E-state index contributed by atoms with van der Waals surface area (Å²) in [6, 6.07) is 16.7. The maximum atomic E-state index is 14.8. The highest BCUT2D eigenvalue weighted by Crippen LogP contribution is 2.53. The van der Waals surface area contributed by atoms with Gasteiger partial charge in [-0.25, -0.2) is 4.79 Å². The molecule has 0 radical (unpaired) electrons. The maximum absolute atomic E-state index is 14.8. The van der Waals surface area contributed by atoms with Crippen molar-refractivity contribution in [3.63, 3.8) is 0 Å². The summed E-state index contributed by atoms with van der Waals surface area (Å²) in [5.41, 5.74) is 6.40. The summed E-state index contributed by atoms with van der Waals surface area (Å²) in [6.07, 6.45) is 3.12. The molecule has 3 heterocycles. The minimum Gasteiger partial charge on any atom is -0.493 e. The van der Waals surface area contributed by atoms with Crippen LogP contribution in [-0.4, -0.2) is 64.8 Å². The summed E-state index contributed by atoms with van der Waals surface area (Å²) >= 11 is 12.7. The van der Waals surface area contributed by atoms with Crippen molar-refractivity contribution in [2.45, 2.75) is 76.9 Å². The van der Waals surface area contributed by atoms with Gasteiger partial charge in [0.15, 0.2) is 0 Å². The lowest BCUT2D eigenvalue weighted by atomic mass is 9.71. The summed E-state index contributed by atoms with van der Waals surface area (Å²) in [7, 11) is 0. The summed E-state index contributed by atoms with van der Waals surface area (Å²) < 4.78 is 6.23. The van der Waals surface area contributed by atoms with E-state index in [-0.39, 0.29) is 29.9 Å². The lowest BCUT2D eigenvalue weighted by Crippen LogP contribution is -2.59. The second-order valence-electron chi connectivity index (χ2n) is 13.6. The van der Waals surface area contributed by atoms with E-state index in [0.717, 1.165) is 16.8 Å². The first kappa shape index (κ1) is 34.7. The lowest BCUT2D eigenvalue weighted by molar-refractivity contribution is -0.119. The van der Waals surface area contributed by atoms with E-state index in [0.29, 0.717) is 59.7 Å². The number of pyridine rings is 1. The van der Waals surface area contributed by atoms with Gasteiger partial charge in [0, 0.05) is 52.5 Å². The topological polar surface area (TPSA) is 113 Å². The normalized spacial score (nSPS) is 22.2. The number of ether oxygens (including phenoxy) is 1. The Hall–Kier alpha value is -3.66. The largest absolute Gasteiger partial charge is 0.493 e. The SMILES string of the molecule is CCOc1cc(C(C)(C)C)ncc1C1=NC(C)(c2ccc(Cl)cc2)C(C)(c2ccc(Cl)cc2)N1C(=O)NC1CCN(CC(N)=O)CC1. The molecular weight excluding hydrogens is 635 g/mol. The van der Waals surface area contributed by atoms with Gasteiger partial charge < -0.3 is 15.8 Å². The molecule has 1 saturated heterocycles. The Morgan fingerprint density at radius 3 is 2.11 bits per heavy atom. The highest BCUT2D eigenvalue weighted by atomic mass is 35.5. The Balaban J connectivity index is 1.68. The van der Waals surface area contributed by atoms with Gasteiger partial charge in [-0.2, -0.15) is 0 Å². The average Bonchev–Trinajstić information content (AvgIpc) is 3.26. The van der Waals surface area contributed by atoms with Crippen LogP contribution < -0.4 is 15.8 Å². The number of piperidine rings is 1. The van der Waals surface area contributed by atoms with Gasteiger partial charge in [0.25, 0.3) is 0 Å². The molecule has 1 fully saturated rings. The predicted molar refractivity (Wildman–Crippen MR) is 187 cm³/mol. The molecule has 5 rings (SSSR count). The predicted octanol–water partition coefficient (Wildman–Crippen LogP) is 6.64. The Kier molecular flexibility index (Phi) is 9.92. The van der Waals surface area contributed by atoms with Crippen molar-refractivity contribution in [3.8, 4) is 5.75 Å². The van der Waals surface area contributed by atoms with Crippen molar-refractivity contribution < 1.29 is 14.3 Å². The van der Waals surface area contributed by atoms with Gasteiger partial charge in [-0.15, -0.1) is 0 Å². The number of halogens is 2. The second-order valence-corrected chi connectivity index (χ2v) is 14.5. The number of benzene rings is 2. The molecule has 2 aliphatic rings. The van der Waals surface area contributed by atoms with E-state index >= 15 is 0 Å². The molecule has 2 aliphatic heterocycles. The van der Waals surface area contributed by atoms with Crippen molar-refractivity contribution in [2.24, 2.45) is 10.7 Å². The van der Waals surface area contributed by atoms with Crippen LogP contribution >= 0.6 is 23.2 Å². The number of nitrogens with two attached hydrogens (primary N) is 1. The van der Waals surface area contributed by atoms with Gasteiger partial charge in [-0.3, -0.25) is 24.6 Å². The number of nitrogens with one attached hydrogen (secondary N) is 1. The van der Waals surface area contributed by atoms with Crippen LogP contribution in [0.1, 0.15) is 76.8 Å². The highest BCUT2D eigenvalue weighted by Gasteiger charge is 2.60. The molecule has 11 heteroatoms. The molecule has 1 aromatic heterocycles. The zero-order chi connectivity index (χ0) is 34.1. The zero-order valence-electron chi connectivity index (χ0n) is 27.9. The van der Waals surface area contributed by atoms with Gasteiger partial charge in [-0.05, 0) is 69.0 Å². The summed E-state index contributed by atoms with van der Waals surface area (Å²) in [4.78, 5) is 40.4. The van der Waals surface area contributed by atoms with E-state index in [1.807, 2.05) is 80.3 Å².